The molecule has 0 aliphatic rings. The van der Waals surface area contributed by atoms with Crippen molar-refractivity contribution in [3.05, 3.63) is 41.1 Å². The smallest absolute Gasteiger partial charge is 0.189 e. The molecule has 1 aromatic carbocycles. The molecular formula is C16H18N4OS. The van der Waals surface area contributed by atoms with Gasteiger partial charge >= 0.3 is 0 Å². The summed E-state index contributed by atoms with van der Waals surface area (Å²) >= 11 is 1.52. The molecule has 0 aliphatic heterocycles. The molecule has 1 aromatic heterocycles. The lowest BCUT2D eigenvalue weighted by atomic mass is 10.2. The lowest BCUT2D eigenvalue weighted by Gasteiger charge is -2.10. The van der Waals surface area contributed by atoms with Crippen molar-refractivity contribution >= 4 is 17.6 Å². The van der Waals surface area contributed by atoms with Crippen LogP contribution in [0.15, 0.2) is 29.4 Å². The van der Waals surface area contributed by atoms with E-state index in [1.165, 1.54) is 11.8 Å². The molecule has 1 heterocycles. The van der Waals surface area contributed by atoms with Crippen LogP contribution in [0.1, 0.15) is 30.2 Å². The summed E-state index contributed by atoms with van der Waals surface area (Å²) in [7, 11) is 0. The van der Waals surface area contributed by atoms with Gasteiger partial charge in [0.05, 0.1) is 0 Å². The zero-order valence-corrected chi connectivity index (χ0v) is 13.5. The lowest BCUT2D eigenvalue weighted by Crippen LogP contribution is -2.08. The van der Waals surface area contributed by atoms with Gasteiger partial charge in [-0.1, -0.05) is 36.4 Å². The number of rotatable bonds is 6. The van der Waals surface area contributed by atoms with Gasteiger partial charge in [0.15, 0.2) is 5.16 Å². The first-order valence-corrected chi connectivity index (χ1v) is 8.01. The van der Waals surface area contributed by atoms with Crippen LogP contribution in [-0.4, -0.2) is 15.7 Å². The van der Waals surface area contributed by atoms with Gasteiger partial charge in [0.1, 0.15) is 35.5 Å². The zero-order chi connectivity index (χ0) is 15.9. The Bertz CT molecular complexity index is 680. The molecule has 0 saturated heterocycles. The molecule has 0 bridgehead atoms. The lowest BCUT2D eigenvalue weighted by molar-refractivity contribution is 0.299. The van der Waals surface area contributed by atoms with Crippen LogP contribution in [0.2, 0.25) is 0 Å². The zero-order valence-electron chi connectivity index (χ0n) is 12.7. The van der Waals surface area contributed by atoms with Crippen LogP contribution in [0.5, 0.6) is 5.75 Å². The summed E-state index contributed by atoms with van der Waals surface area (Å²) < 4.78 is 5.70. The van der Waals surface area contributed by atoms with Crippen LogP contribution in [0.4, 0.5) is 5.82 Å². The summed E-state index contributed by atoms with van der Waals surface area (Å²) in [6.45, 7) is 4.29. The standard InChI is InChI=1S/C16H18N4OS/c1-3-8-22-16-19-14(13(9-17)15(18)20-16)10-21-12-6-4-11(2)5-7-12/h4-7H,3,8,10H2,1-2H3,(H2,18,19,20). The molecule has 2 N–H and O–H groups in total. The van der Waals surface area contributed by atoms with Crippen molar-refractivity contribution in [3.63, 3.8) is 0 Å². The predicted octanol–water partition coefficient (Wildman–Crippen LogP) is 3.32. The molecule has 0 unspecified atom stereocenters. The number of hydrogen-bond donors (Lipinski definition) is 1. The van der Waals surface area contributed by atoms with Gasteiger partial charge < -0.3 is 10.5 Å². The molecule has 0 saturated carbocycles. The number of anilines is 1. The molecule has 0 spiro atoms. The van der Waals surface area contributed by atoms with E-state index in [9.17, 15) is 5.26 Å². The van der Waals surface area contributed by atoms with Crippen LogP contribution < -0.4 is 10.5 Å². The molecule has 2 rings (SSSR count). The van der Waals surface area contributed by atoms with Crippen molar-refractivity contribution < 1.29 is 4.74 Å². The Labute approximate surface area is 134 Å². The average Bonchev–Trinajstić information content (AvgIpc) is 2.52. The average molecular weight is 314 g/mol. The Kier molecular flexibility index (Phi) is 5.61. The van der Waals surface area contributed by atoms with Crippen molar-refractivity contribution in [2.24, 2.45) is 0 Å². The number of benzene rings is 1. The van der Waals surface area contributed by atoms with E-state index in [2.05, 4.69) is 23.0 Å². The van der Waals surface area contributed by atoms with Gasteiger partial charge in [-0.05, 0) is 25.5 Å². The molecule has 2 aromatic rings. The van der Waals surface area contributed by atoms with Crippen molar-refractivity contribution in [2.75, 3.05) is 11.5 Å². The van der Waals surface area contributed by atoms with E-state index in [1.54, 1.807) is 0 Å². The van der Waals surface area contributed by atoms with Gasteiger partial charge in [0, 0.05) is 5.75 Å². The number of nitriles is 1. The number of thioether (sulfide) groups is 1. The number of nitrogens with zero attached hydrogens (tertiary/aromatic N) is 3. The van der Waals surface area contributed by atoms with Gasteiger partial charge in [-0.2, -0.15) is 5.26 Å². The fraction of sp³-hybridized carbons (Fsp3) is 0.312. The first-order chi connectivity index (χ1) is 10.6. The van der Waals surface area contributed by atoms with E-state index in [0.717, 1.165) is 23.5 Å². The molecular weight excluding hydrogens is 296 g/mol. The number of nitrogens with two attached hydrogens (primary N) is 1. The SMILES string of the molecule is CCCSc1nc(N)c(C#N)c(COc2ccc(C)cc2)n1. The third-order valence-electron chi connectivity index (χ3n) is 2.94. The molecule has 6 heteroatoms. The maximum atomic E-state index is 9.23. The molecule has 114 valence electrons. The highest BCUT2D eigenvalue weighted by Crippen LogP contribution is 2.21. The van der Waals surface area contributed by atoms with Gasteiger partial charge in [0.25, 0.3) is 0 Å². The third-order valence-corrected chi connectivity index (χ3v) is 3.99. The second-order valence-corrected chi connectivity index (χ2v) is 5.84. The highest BCUT2D eigenvalue weighted by molar-refractivity contribution is 7.99. The first kappa shape index (κ1) is 16.1. The van der Waals surface area contributed by atoms with Crippen molar-refractivity contribution in [2.45, 2.75) is 32.0 Å². The minimum Gasteiger partial charge on any atom is -0.487 e. The molecule has 0 amide bonds. The van der Waals surface area contributed by atoms with Gasteiger partial charge in [-0.15, -0.1) is 0 Å². The number of hydrogen-bond acceptors (Lipinski definition) is 6. The van der Waals surface area contributed by atoms with E-state index in [4.69, 9.17) is 10.5 Å². The highest BCUT2D eigenvalue weighted by atomic mass is 32.2. The van der Waals surface area contributed by atoms with Gasteiger partial charge in [0.2, 0.25) is 0 Å². The summed E-state index contributed by atoms with van der Waals surface area (Å²) in [4.78, 5) is 8.56. The Balaban J connectivity index is 2.18. The van der Waals surface area contributed by atoms with Crippen molar-refractivity contribution in [3.8, 4) is 11.8 Å². The maximum absolute atomic E-state index is 9.23. The quantitative estimate of drug-likeness (QED) is 0.650. The largest absolute Gasteiger partial charge is 0.487 e. The second-order valence-electron chi connectivity index (χ2n) is 4.78. The highest BCUT2D eigenvalue weighted by Gasteiger charge is 2.13. The van der Waals surface area contributed by atoms with E-state index in [0.29, 0.717) is 10.9 Å². The number of aromatic nitrogens is 2. The number of nitrogen functional groups attached to an aromatic ring is 1. The summed E-state index contributed by atoms with van der Waals surface area (Å²) in [6.07, 6.45) is 1.02. The first-order valence-electron chi connectivity index (χ1n) is 7.02. The number of ether oxygens (including phenoxy) is 1. The van der Waals surface area contributed by atoms with Crippen LogP contribution in [0, 0.1) is 18.3 Å². The molecule has 22 heavy (non-hydrogen) atoms. The second kappa shape index (κ2) is 7.66. The van der Waals surface area contributed by atoms with Crippen LogP contribution in [0.3, 0.4) is 0 Å². The van der Waals surface area contributed by atoms with Gasteiger partial charge in [-0.3, -0.25) is 0 Å². The Hall–Kier alpha value is -2.26. The molecule has 0 atom stereocenters. The summed E-state index contributed by atoms with van der Waals surface area (Å²) in [6, 6.07) is 9.77. The van der Waals surface area contributed by atoms with Crippen LogP contribution in [-0.2, 0) is 6.61 Å². The van der Waals surface area contributed by atoms with Crippen LogP contribution >= 0.6 is 11.8 Å². The maximum Gasteiger partial charge on any atom is 0.189 e. The number of aryl methyl sites for hydroxylation is 1. The minimum atomic E-state index is 0.193. The summed E-state index contributed by atoms with van der Waals surface area (Å²) in [5, 5.41) is 9.81. The van der Waals surface area contributed by atoms with Crippen molar-refractivity contribution in [1.82, 2.24) is 9.97 Å². The van der Waals surface area contributed by atoms with E-state index < -0.39 is 0 Å². The predicted molar refractivity (Wildman–Crippen MR) is 87.7 cm³/mol. The monoisotopic (exact) mass is 314 g/mol. The van der Waals surface area contributed by atoms with Crippen molar-refractivity contribution in [1.29, 1.82) is 5.26 Å². The van der Waals surface area contributed by atoms with E-state index in [-0.39, 0.29) is 18.0 Å². The topological polar surface area (TPSA) is 84.8 Å². The Morgan fingerprint density at radius 3 is 2.64 bits per heavy atom. The molecule has 5 nitrogen and oxygen atoms in total. The van der Waals surface area contributed by atoms with E-state index >= 15 is 0 Å². The Morgan fingerprint density at radius 1 is 1.27 bits per heavy atom. The Morgan fingerprint density at radius 2 is 2.00 bits per heavy atom. The normalized spacial score (nSPS) is 10.2. The van der Waals surface area contributed by atoms with Crippen LogP contribution in [0.25, 0.3) is 0 Å². The summed E-state index contributed by atoms with van der Waals surface area (Å²) in [5.41, 5.74) is 7.82. The molecule has 0 radical (unpaired) electrons. The minimum absolute atomic E-state index is 0.193. The fourth-order valence-electron chi connectivity index (χ4n) is 1.77. The third kappa shape index (κ3) is 4.12. The molecule has 0 aliphatic carbocycles. The summed E-state index contributed by atoms with van der Waals surface area (Å²) in [5.74, 6) is 1.84. The van der Waals surface area contributed by atoms with Gasteiger partial charge in [-0.25, -0.2) is 9.97 Å². The van der Waals surface area contributed by atoms with E-state index in [1.807, 2.05) is 31.2 Å². The molecule has 0 fully saturated rings. The fourth-order valence-corrected chi connectivity index (χ4v) is 2.50.